The van der Waals surface area contributed by atoms with Gasteiger partial charge in [-0.15, -0.1) is 38.3 Å². The summed E-state index contributed by atoms with van der Waals surface area (Å²) in [7, 11) is -30.8. The summed E-state index contributed by atoms with van der Waals surface area (Å²) in [5.41, 5.74) is 0. The molecule has 0 saturated carbocycles. The summed E-state index contributed by atoms with van der Waals surface area (Å²) < 4.78 is 114. The zero-order chi connectivity index (χ0) is 35.1. The summed E-state index contributed by atoms with van der Waals surface area (Å²) in [5, 5.41) is 0. The maximum absolute atomic E-state index is 10.4. The van der Waals surface area contributed by atoms with E-state index in [0.29, 0.717) is 0 Å². The summed E-state index contributed by atoms with van der Waals surface area (Å²) in [6.45, 7) is 10.2. The van der Waals surface area contributed by atoms with Crippen molar-refractivity contribution in [3.05, 3.63) is 37.7 Å². The molecule has 252 valence electrons. The van der Waals surface area contributed by atoms with Crippen molar-refractivity contribution in [3.63, 3.8) is 0 Å². The van der Waals surface area contributed by atoms with Gasteiger partial charge in [0.05, 0.1) is 6.67 Å². The molecular formula is C9H26F6N2O18P6. The highest BCUT2D eigenvalue weighted by atomic mass is 31.2. The lowest BCUT2D eigenvalue weighted by Crippen LogP contribution is -2.25. The Hall–Kier alpha value is -0.700. The minimum absolute atomic E-state index is 0.921. The van der Waals surface area contributed by atoms with Crippen molar-refractivity contribution < 1.29 is 111 Å². The van der Waals surface area contributed by atoms with Gasteiger partial charge in [-0.2, -0.15) is 0 Å². The van der Waals surface area contributed by atoms with Gasteiger partial charge in [0.15, 0.2) is 0 Å². The molecule has 0 aromatic heterocycles. The van der Waals surface area contributed by atoms with Gasteiger partial charge in [-0.05, 0) is 0 Å². The van der Waals surface area contributed by atoms with Crippen LogP contribution in [0.1, 0.15) is 0 Å². The molecule has 32 heteroatoms. The molecule has 1 aliphatic rings. The second-order valence-corrected chi connectivity index (χ2v) is 11.1. The van der Waals surface area contributed by atoms with E-state index in [1.807, 2.05) is 12.2 Å². The number of nitrogens with zero attached hydrogens (tertiary/aromatic N) is 2. The average molecular weight is 750 g/mol. The molecule has 0 saturated heterocycles. The maximum atomic E-state index is 10.4. The summed E-state index contributed by atoms with van der Waals surface area (Å²) in [6, 6.07) is 0. The van der Waals surface area contributed by atoms with Gasteiger partial charge >= 0.3 is 47.4 Å². The molecule has 0 radical (unpaired) electrons. The monoisotopic (exact) mass is 750 g/mol. The fourth-order valence-electron chi connectivity index (χ4n) is 1.08. The predicted octanol–water partition coefficient (Wildman–Crippen LogP) is 1.70. The van der Waals surface area contributed by atoms with Crippen molar-refractivity contribution in [1.82, 2.24) is 9.80 Å². The van der Waals surface area contributed by atoms with Crippen LogP contribution in [0.3, 0.4) is 0 Å². The van der Waals surface area contributed by atoms with Gasteiger partial charge in [0, 0.05) is 25.5 Å². The van der Waals surface area contributed by atoms with Crippen LogP contribution in [0, 0.1) is 0 Å². The van der Waals surface area contributed by atoms with Crippen molar-refractivity contribution >= 4 is 47.4 Å². The molecule has 0 aliphatic carbocycles. The Morgan fingerprint density at radius 3 is 0.707 bits per heavy atom. The highest BCUT2D eigenvalue weighted by Crippen LogP contribution is 2.37. The van der Waals surface area contributed by atoms with E-state index in [-0.39, 0.29) is 0 Å². The van der Waals surface area contributed by atoms with Crippen molar-refractivity contribution in [3.8, 4) is 0 Å². The molecule has 0 bridgehead atoms. The van der Waals surface area contributed by atoms with Crippen LogP contribution in [0.4, 0.5) is 25.2 Å². The molecule has 0 aromatic carbocycles. The van der Waals surface area contributed by atoms with Crippen molar-refractivity contribution in [1.29, 1.82) is 0 Å². The first-order valence-electron chi connectivity index (χ1n) is 8.26. The number of hydrogen-bond donors (Lipinski definition) is 12. The summed E-state index contributed by atoms with van der Waals surface area (Å²) in [4.78, 5) is 88.0. The lowest BCUT2D eigenvalue weighted by molar-refractivity contribution is 0.300. The van der Waals surface area contributed by atoms with E-state index >= 15 is 0 Å². The Morgan fingerprint density at radius 1 is 0.488 bits per heavy atom. The first-order valence-corrected chi connectivity index (χ1v) is 17.3. The predicted molar refractivity (Wildman–Crippen MR) is 127 cm³/mol. The molecular weight excluding hydrogens is 724 g/mol. The van der Waals surface area contributed by atoms with Crippen LogP contribution in [-0.2, 0) is 27.4 Å². The number of halogens is 6. The standard InChI is InChI=1S/C9H14N2.6FH2O3P/c1-3-5-10-7-8-11(9-10)6-4-2;6*1-5(2,3)4/h3-4,7-8H,1-2,5-6,9H2;6*(H2,2,3,4). The van der Waals surface area contributed by atoms with Crippen LogP contribution >= 0.6 is 47.4 Å². The van der Waals surface area contributed by atoms with Gasteiger partial charge in [-0.3, -0.25) is 58.7 Å². The highest BCUT2D eigenvalue weighted by Gasteiger charge is 2.08. The van der Waals surface area contributed by atoms with E-state index < -0.39 is 47.4 Å². The van der Waals surface area contributed by atoms with Gasteiger partial charge in [-0.1, -0.05) is 12.2 Å². The van der Waals surface area contributed by atoms with Crippen LogP contribution in [0.15, 0.2) is 37.7 Å². The van der Waals surface area contributed by atoms with Crippen LogP contribution < -0.4 is 0 Å². The van der Waals surface area contributed by atoms with Crippen LogP contribution in [-0.4, -0.2) is 88.3 Å². The molecule has 0 fully saturated rings. The van der Waals surface area contributed by atoms with E-state index in [1.54, 1.807) is 0 Å². The number of rotatable bonds is 4. The van der Waals surface area contributed by atoms with Gasteiger partial charge in [0.1, 0.15) is 0 Å². The van der Waals surface area contributed by atoms with Crippen molar-refractivity contribution in [2.24, 2.45) is 0 Å². The third kappa shape index (κ3) is 267. The zero-order valence-corrected chi connectivity index (χ0v) is 24.9. The van der Waals surface area contributed by atoms with E-state index in [1.165, 1.54) is 0 Å². The lowest BCUT2D eigenvalue weighted by atomic mass is 10.5. The van der Waals surface area contributed by atoms with Gasteiger partial charge in [0.25, 0.3) is 0 Å². The van der Waals surface area contributed by atoms with E-state index in [0.717, 1.165) is 19.8 Å². The van der Waals surface area contributed by atoms with Gasteiger partial charge < -0.3 is 9.80 Å². The zero-order valence-electron chi connectivity index (χ0n) is 19.5. The molecule has 0 unspecified atom stereocenters. The lowest BCUT2D eigenvalue weighted by Gasteiger charge is -2.18. The molecule has 0 aromatic rings. The van der Waals surface area contributed by atoms with Gasteiger partial charge in [-0.25, -0.2) is 27.4 Å². The quantitative estimate of drug-likeness (QED) is 0.110. The third-order valence-electron chi connectivity index (χ3n) is 1.58. The molecule has 1 heterocycles. The summed E-state index contributed by atoms with van der Waals surface area (Å²) >= 11 is 0. The normalized spacial score (nSPS) is 12.8. The SMILES string of the molecule is C=CCN1C=CN(CC=C)C1.O=P(O)(O)F.O=P(O)(O)F.O=P(O)(O)F.O=P(O)(O)F.O=P(O)(O)F.O=P(O)(O)F. The fraction of sp³-hybridized carbons (Fsp3) is 0.333. The first-order chi connectivity index (χ1) is 17.4. The average Bonchev–Trinajstić information content (AvgIpc) is 2.93. The third-order valence-corrected chi connectivity index (χ3v) is 1.58. The summed E-state index contributed by atoms with van der Waals surface area (Å²) in [6.07, 6.45) is 7.96. The molecule has 12 N–H and O–H groups in total. The molecule has 0 atom stereocenters. The Bertz CT molecular complexity index is 792. The minimum Gasteiger partial charge on any atom is -0.355 e. The number of hydrogen-bond acceptors (Lipinski definition) is 8. The van der Waals surface area contributed by atoms with E-state index in [4.69, 9.17) is 86.1 Å². The summed E-state index contributed by atoms with van der Waals surface area (Å²) in [5.74, 6) is 0. The van der Waals surface area contributed by atoms with E-state index in [2.05, 4.69) is 35.4 Å². The Balaban J connectivity index is -0.0000000904. The van der Waals surface area contributed by atoms with E-state index in [9.17, 15) is 25.2 Å². The molecule has 0 spiro atoms. The molecule has 41 heavy (non-hydrogen) atoms. The second-order valence-electron chi connectivity index (χ2n) is 5.40. The Morgan fingerprint density at radius 2 is 0.610 bits per heavy atom. The molecule has 1 aliphatic heterocycles. The fourth-order valence-corrected chi connectivity index (χ4v) is 1.08. The maximum Gasteiger partial charge on any atom is 0.507 e. The highest BCUT2D eigenvalue weighted by molar-refractivity contribution is 7.46. The van der Waals surface area contributed by atoms with Crippen molar-refractivity contribution in [2.45, 2.75) is 0 Å². The van der Waals surface area contributed by atoms with Gasteiger partial charge in [0.2, 0.25) is 0 Å². The van der Waals surface area contributed by atoms with Crippen LogP contribution in [0.2, 0.25) is 0 Å². The minimum atomic E-state index is -5.14. The first kappa shape index (κ1) is 52.9. The van der Waals surface area contributed by atoms with Crippen LogP contribution in [0.5, 0.6) is 0 Å². The topological polar surface area (TPSA) is 352 Å². The van der Waals surface area contributed by atoms with Crippen LogP contribution in [0.25, 0.3) is 0 Å². The molecule has 0 amide bonds. The van der Waals surface area contributed by atoms with Crippen molar-refractivity contribution in [2.75, 3.05) is 19.8 Å². The molecule has 1 rings (SSSR count). The Kier molecular flexibility index (Phi) is 31.9. The second kappa shape index (κ2) is 24.7. The largest absolute Gasteiger partial charge is 0.507 e. The smallest absolute Gasteiger partial charge is 0.355 e. The Labute approximate surface area is 226 Å². The molecule has 20 nitrogen and oxygen atoms in total.